The minimum Gasteiger partial charge on any atom is -0.341 e. The molecule has 5 nitrogen and oxygen atoms in total. The van der Waals surface area contributed by atoms with Gasteiger partial charge in [-0.2, -0.15) is 0 Å². The van der Waals surface area contributed by atoms with Gasteiger partial charge >= 0.3 is 0 Å². The summed E-state index contributed by atoms with van der Waals surface area (Å²) in [5.74, 6) is -0.126. The fourth-order valence-electron chi connectivity index (χ4n) is 2.37. The number of amides is 1. The predicted octanol–water partition coefficient (Wildman–Crippen LogP) is 2.07. The molecule has 0 aromatic heterocycles. The van der Waals surface area contributed by atoms with Crippen molar-refractivity contribution in [2.75, 3.05) is 30.2 Å². The summed E-state index contributed by atoms with van der Waals surface area (Å²) in [4.78, 5) is 14.1. The van der Waals surface area contributed by atoms with Crippen molar-refractivity contribution < 1.29 is 13.2 Å². The van der Waals surface area contributed by atoms with Crippen LogP contribution in [0.25, 0.3) is 0 Å². The lowest BCUT2D eigenvalue weighted by molar-refractivity contribution is -0.130. The minimum atomic E-state index is -3.48. The molecule has 2 rings (SSSR count). The highest BCUT2D eigenvalue weighted by molar-refractivity contribution is 14.1. The van der Waals surface area contributed by atoms with Gasteiger partial charge < -0.3 is 4.90 Å². The van der Waals surface area contributed by atoms with Crippen LogP contribution in [0, 0.1) is 3.57 Å². The van der Waals surface area contributed by atoms with Crippen molar-refractivity contribution in [2.45, 2.75) is 19.3 Å². The van der Waals surface area contributed by atoms with Gasteiger partial charge in [0, 0.05) is 16.7 Å². The molecule has 0 bridgehead atoms. The maximum atomic E-state index is 12.3. The highest BCUT2D eigenvalue weighted by Gasteiger charge is 2.24. The van der Waals surface area contributed by atoms with Crippen molar-refractivity contribution in [2.24, 2.45) is 0 Å². The zero-order valence-corrected chi connectivity index (χ0v) is 14.9. The molecule has 0 saturated carbocycles. The van der Waals surface area contributed by atoms with Gasteiger partial charge in [-0.25, -0.2) is 8.42 Å². The molecule has 1 aliphatic heterocycles. The number of rotatable bonds is 4. The highest BCUT2D eigenvalue weighted by atomic mass is 127. The third-order valence-electron chi connectivity index (χ3n) is 3.50. The van der Waals surface area contributed by atoms with E-state index in [0.717, 1.165) is 42.2 Å². The summed E-state index contributed by atoms with van der Waals surface area (Å²) in [7, 11) is -3.48. The Morgan fingerprint density at radius 2 is 1.76 bits per heavy atom. The molecule has 0 aliphatic carbocycles. The number of halogens is 1. The van der Waals surface area contributed by atoms with Crippen molar-refractivity contribution >= 4 is 44.2 Å². The molecule has 0 atom stereocenters. The number of nitrogens with zero attached hydrogens (tertiary/aromatic N) is 2. The summed E-state index contributed by atoms with van der Waals surface area (Å²) in [6.07, 6.45) is 4.26. The number of anilines is 1. The van der Waals surface area contributed by atoms with Crippen molar-refractivity contribution in [3.05, 3.63) is 27.8 Å². The summed E-state index contributed by atoms with van der Waals surface area (Å²) in [6, 6.07) is 7.12. The molecular formula is C14H19IN2O3S. The minimum absolute atomic E-state index is 0.126. The van der Waals surface area contributed by atoms with E-state index < -0.39 is 10.0 Å². The van der Waals surface area contributed by atoms with Gasteiger partial charge in [-0.1, -0.05) is 0 Å². The van der Waals surface area contributed by atoms with E-state index in [9.17, 15) is 13.2 Å². The Morgan fingerprint density at radius 1 is 1.19 bits per heavy atom. The summed E-state index contributed by atoms with van der Waals surface area (Å²) in [5.41, 5.74) is 0.531. The Morgan fingerprint density at radius 3 is 2.29 bits per heavy atom. The van der Waals surface area contributed by atoms with E-state index in [1.165, 1.54) is 4.31 Å². The van der Waals surface area contributed by atoms with Crippen LogP contribution in [-0.4, -0.2) is 45.1 Å². The molecular weight excluding hydrogens is 403 g/mol. The Kier molecular flexibility index (Phi) is 5.48. The zero-order valence-electron chi connectivity index (χ0n) is 12.0. The molecule has 0 radical (unpaired) electrons. The van der Waals surface area contributed by atoms with E-state index in [1.807, 2.05) is 12.1 Å². The lowest BCUT2D eigenvalue weighted by atomic mass is 10.1. The molecule has 1 heterocycles. The molecule has 7 heteroatoms. The lowest BCUT2D eigenvalue weighted by Crippen LogP contribution is -2.44. The molecule has 1 amide bonds. The van der Waals surface area contributed by atoms with Gasteiger partial charge in [0.25, 0.3) is 0 Å². The lowest BCUT2D eigenvalue weighted by Gasteiger charge is -2.30. The second kappa shape index (κ2) is 6.95. The van der Waals surface area contributed by atoms with Crippen LogP contribution in [0.1, 0.15) is 19.3 Å². The summed E-state index contributed by atoms with van der Waals surface area (Å²) in [6.45, 7) is 1.33. The monoisotopic (exact) mass is 422 g/mol. The fraction of sp³-hybridized carbons (Fsp3) is 0.500. The smallest absolute Gasteiger partial charge is 0.243 e. The second-order valence-corrected chi connectivity index (χ2v) is 8.34. The Balaban J connectivity index is 2.17. The van der Waals surface area contributed by atoms with Crippen molar-refractivity contribution in [3.63, 3.8) is 0 Å². The van der Waals surface area contributed by atoms with Crippen LogP contribution in [-0.2, 0) is 14.8 Å². The first-order chi connectivity index (χ1) is 9.88. The van der Waals surface area contributed by atoms with E-state index in [0.29, 0.717) is 5.69 Å². The van der Waals surface area contributed by atoms with Crippen LogP contribution in [0.3, 0.4) is 0 Å². The maximum absolute atomic E-state index is 12.3. The number of likely N-dealkylation sites (tertiary alicyclic amines) is 1. The van der Waals surface area contributed by atoms with Gasteiger partial charge in [0.2, 0.25) is 15.9 Å². The highest BCUT2D eigenvalue weighted by Crippen LogP contribution is 2.20. The number of hydrogen-bond donors (Lipinski definition) is 0. The second-order valence-electron chi connectivity index (χ2n) is 5.19. The summed E-state index contributed by atoms with van der Waals surface area (Å²) >= 11 is 2.16. The topological polar surface area (TPSA) is 57.7 Å². The van der Waals surface area contributed by atoms with Crippen molar-refractivity contribution in [1.82, 2.24) is 4.90 Å². The van der Waals surface area contributed by atoms with Gasteiger partial charge in [-0.05, 0) is 66.1 Å². The van der Waals surface area contributed by atoms with Gasteiger partial charge in [0.15, 0.2) is 0 Å². The Bertz CT molecular complexity index is 595. The first-order valence-corrected chi connectivity index (χ1v) is 9.82. The first kappa shape index (κ1) is 16.5. The van der Waals surface area contributed by atoms with Gasteiger partial charge in [0.1, 0.15) is 6.54 Å². The van der Waals surface area contributed by atoms with E-state index in [2.05, 4.69) is 22.6 Å². The Labute approximate surface area is 139 Å². The number of benzene rings is 1. The van der Waals surface area contributed by atoms with E-state index >= 15 is 0 Å². The van der Waals surface area contributed by atoms with E-state index in [4.69, 9.17) is 0 Å². The van der Waals surface area contributed by atoms with Crippen molar-refractivity contribution in [1.29, 1.82) is 0 Å². The molecule has 1 aliphatic rings. The molecule has 1 aromatic carbocycles. The van der Waals surface area contributed by atoms with Crippen LogP contribution in [0.5, 0.6) is 0 Å². The number of carbonyl (C=O) groups excluding carboxylic acids is 1. The van der Waals surface area contributed by atoms with E-state index in [-0.39, 0.29) is 12.5 Å². The van der Waals surface area contributed by atoms with Crippen LogP contribution >= 0.6 is 22.6 Å². The third kappa shape index (κ3) is 4.57. The standard InChI is InChI=1S/C14H19IN2O3S/c1-21(19,20)17(13-7-5-12(15)6-8-13)11-14(18)16-9-3-2-4-10-16/h5-8H,2-4,9-11H2,1H3. The third-order valence-corrected chi connectivity index (χ3v) is 5.36. The normalized spacial score (nSPS) is 15.8. The number of carbonyl (C=O) groups is 1. The molecule has 0 spiro atoms. The van der Waals surface area contributed by atoms with Crippen LogP contribution in [0.2, 0.25) is 0 Å². The molecule has 0 N–H and O–H groups in total. The zero-order chi connectivity index (χ0) is 15.5. The Hall–Kier alpha value is -0.830. The van der Waals surface area contributed by atoms with Crippen LogP contribution in [0.4, 0.5) is 5.69 Å². The SMILES string of the molecule is CS(=O)(=O)N(CC(=O)N1CCCCC1)c1ccc(I)cc1. The molecule has 1 fully saturated rings. The number of hydrogen-bond acceptors (Lipinski definition) is 3. The number of sulfonamides is 1. The van der Waals surface area contributed by atoms with Crippen LogP contribution < -0.4 is 4.31 Å². The van der Waals surface area contributed by atoms with Gasteiger partial charge in [0.05, 0.1) is 11.9 Å². The molecule has 21 heavy (non-hydrogen) atoms. The number of piperidine rings is 1. The molecule has 1 saturated heterocycles. The molecule has 116 valence electrons. The van der Waals surface area contributed by atoms with Gasteiger partial charge in [-0.3, -0.25) is 9.10 Å². The predicted molar refractivity (Wildman–Crippen MR) is 91.8 cm³/mol. The fourth-order valence-corrected chi connectivity index (χ4v) is 3.58. The summed E-state index contributed by atoms with van der Waals surface area (Å²) < 4.78 is 26.2. The molecule has 0 unspecified atom stereocenters. The van der Waals surface area contributed by atoms with Crippen molar-refractivity contribution in [3.8, 4) is 0 Å². The van der Waals surface area contributed by atoms with E-state index in [1.54, 1.807) is 17.0 Å². The summed E-state index contributed by atoms with van der Waals surface area (Å²) in [5, 5.41) is 0. The quantitative estimate of drug-likeness (QED) is 0.699. The molecule has 1 aromatic rings. The average Bonchev–Trinajstić information content (AvgIpc) is 2.45. The largest absolute Gasteiger partial charge is 0.341 e. The van der Waals surface area contributed by atoms with Crippen LogP contribution in [0.15, 0.2) is 24.3 Å². The maximum Gasteiger partial charge on any atom is 0.243 e. The van der Waals surface area contributed by atoms with Gasteiger partial charge in [-0.15, -0.1) is 0 Å². The average molecular weight is 422 g/mol. The first-order valence-electron chi connectivity index (χ1n) is 6.89.